The minimum Gasteiger partial charge on any atom is -0.395 e. The number of hydrogen-bond acceptors (Lipinski definition) is 5. The van der Waals surface area contributed by atoms with Gasteiger partial charge in [-0.1, -0.05) is 6.92 Å². The Morgan fingerprint density at radius 1 is 1.60 bits per heavy atom. The van der Waals surface area contributed by atoms with Gasteiger partial charge in [0, 0.05) is 11.4 Å². The molecule has 1 aliphatic rings. The van der Waals surface area contributed by atoms with Gasteiger partial charge in [-0.05, 0) is 30.7 Å². The summed E-state index contributed by atoms with van der Waals surface area (Å²) in [7, 11) is 0. The topological polar surface area (TPSA) is 85.2 Å². The molecule has 0 aromatic carbocycles. The van der Waals surface area contributed by atoms with Crippen molar-refractivity contribution < 1.29 is 9.90 Å². The van der Waals surface area contributed by atoms with E-state index in [1.165, 1.54) is 16.2 Å². The van der Waals surface area contributed by atoms with Crippen molar-refractivity contribution in [1.29, 1.82) is 5.26 Å². The van der Waals surface area contributed by atoms with Crippen molar-refractivity contribution in [1.82, 2.24) is 5.32 Å². The summed E-state index contributed by atoms with van der Waals surface area (Å²) >= 11 is 1.53. The Labute approximate surface area is 122 Å². The highest BCUT2D eigenvalue weighted by molar-refractivity contribution is 7.16. The second-order valence-electron chi connectivity index (χ2n) is 5.12. The van der Waals surface area contributed by atoms with E-state index in [9.17, 15) is 10.1 Å². The highest BCUT2D eigenvalue weighted by atomic mass is 32.1. The van der Waals surface area contributed by atoms with Crippen LogP contribution in [-0.4, -0.2) is 30.7 Å². The predicted molar refractivity (Wildman–Crippen MR) is 78.8 cm³/mol. The van der Waals surface area contributed by atoms with Crippen LogP contribution in [0.4, 0.5) is 5.00 Å². The molecular formula is C14H19N3O2S. The second kappa shape index (κ2) is 6.84. The molecule has 1 amide bonds. The molecule has 0 saturated heterocycles. The van der Waals surface area contributed by atoms with Crippen LogP contribution in [0.15, 0.2) is 0 Å². The van der Waals surface area contributed by atoms with Crippen LogP contribution in [-0.2, 0) is 17.6 Å². The largest absolute Gasteiger partial charge is 0.395 e. The molecule has 3 N–H and O–H groups in total. The number of aliphatic hydroxyl groups is 1. The first-order valence-electron chi connectivity index (χ1n) is 6.81. The Morgan fingerprint density at radius 2 is 2.40 bits per heavy atom. The molecule has 0 spiro atoms. The van der Waals surface area contributed by atoms with E-state index in [4.69, 9.17) is 5.11 Å². The minimum absolute atomic E-state index is 0.00190. The summed E-state index contributed by atoms with van der Waals surface area (Å²) in [6.45, 7) is 2.75. The fourth-order valence-electron chi connectivity index (χ4n) is 2.41. The van der Waals surface area contributed by atoms with E-state index in [2.05, 4.69) is 23.6 Å². The molecule has 108 valence electrons. The smallest absolute Gasteiger partial charge is 0.238 e. The molecule has 0 fully saturated rings. The van der Waals surface area contributed by atoms with Gasteiger partial charge >= 0.3 is 0 Å². The maximum absolute atomic E-state index is 11.8. The molecule has 1 aromatic rings. The summed E-state index contributed by atoms with van der Waals surface area (Å²) in [5.74, 6) is 0.462. The van der Waals surface area contributed by atoms with Crippen molar-refractivity contribution in [3.8, 4) is 6.07 Å². The molecule has 1 aromatic heterocycles. The standard InChI is InChI=1S/C14H19N3O2S/c1-9-2-3-10-11(7-15)14(20-12(10)6-9)17-13(19)8-16-4-5-18/h9,16,18H,2-6,8H2,1H3,(H,17,19). The molecule has 20 heavy (non-hydrogen) atoms. The first-order valence-corrected chi connectivity index (χ1v) is 7.63. The summed E-state index contributed by atoms with van der Waals surface area (Å²) < 4.78 is 0. The Bertz CT molecular complexity index is 533. The predicted octanol–water partition coefficient (Wildman–Crippen LogP) is 1.26. The van der Waals surface area contributed by atoms with Gasteiger partial charge in [0.25, 0.3) is 0 Å². The van der Waals surface area contributed by atoms with Crippen molar-refractivity contribution in [2.24, 2.45) is 5.92 Å². The summed E-state index contributed by atoms with van der Waals surface area (Å²) in [4.78, 5) is 13.0. The van der Waals surface area contributed by atoms with Crippen molar-refractivity contribution in [3.05, 3.63) is 16.0 Å². The lowest BCUT2D eigenvalue weighted by Gasteiger charge is -2.17. The molecule has 1 unspecified atom stereocenters. The first kappa shape index (κ1) is 15.0. The maximum atomic E-state index is 11.8. The van der Waals surface area contributed by atoms with E-state index in [0.717, 1.165) is 24.8 Å². The quantitative estimate of drug-likeness (QED) is 0.714. The SMILES string of the molecule is CC1CCc2c(sc(NC(=O)CNCCO)c2C#N)C1. The number of rotatable bonds is 5. The zero-order chi connectivity index (χ0) is 14.5. The maximum Gasteiger partial charge on any atom is 0.238 e. The average molecular weight is 293 g/mol. The van der Waals surface area contributed by atoms with Crippen LogP contribution < -0.4 is 10.6 Å². The van der Waals surface area contributed by atoms with E-state index in [-0.39, 0.29) is 19.1 Å². The van der Waals surface area contributed by atoms with Crippen LogP contribution in [0.1, 0.15) is 29.3 Å². The molecule has 6 heteroatoms. The number of anilines is 1. The van der Waals surface area contributed by atoms with E-state index in [1.54, 1.807) is 0 Å². The molecule has 0 radical (unpaired) electrons. The third kappa shape index (κ3) is 3.37. The molecule has 5 nitrogen and oxygen atoms in total. The first-order chi connectivity index (χ1) is 9.65. The van der Waals surface area contributed by atoms with Crippen LogP contribution in [0.3, 0.4) is 0 Å². The number of hydrogen-bond donors (Lipinski definition) is 3. The lowest BCUT2D eigenvalue weighted by atomic mass is 9.89. The number of aliphatic hydroxyl groups excluding tert-OH is 1. The minimum atomic E-state index is -0.179. The van der Waals surface area contributed by atoms with E-state index < -0.39 is 0 Å². The van der Waals surface area contributed by atoms with E-state index in [1.807, 2.05) is 0 Å². The molecule has 1 aliphatic carbocycles. The number of fused-ring (bicyclic) bond motifs is 1. The molecular weight excluding hydrogens is 274 g/mol. The summed E-state index contributed by atoms with van der Waals surface area (Å²) in [6.07, 6.45) is 3.02. The lowest BCUT2D eigenvalue weighted by molar-refractivity contribution is -0.115. The number of nitrogens with zero attached hydrogens (tertiary/aromatic N) is 1. The van der Waals surface area contributed by atoms with E-state index >= 15 is 0 Å². The highest BCUT2D eigenvalue weighted by Gasteiger charge is 2.24. The van der Waals surface area contributed by atoms with Crippen LogP contribution in [0.5, 0.6) is 0 Å². The second-order valence-corrected chi connectivity index (χ2v) is 6.22. The van der Waals surface area contributed by atoms with Gasteiger partial charge in [-0.15, -0.1) is 11.3 Å². The Hall–Kier alpha value is -1.42. The molecule has 0 saturated carbocycles. The monoisotopic (exact) mass is 293 g/mol. The summed E-state index contributed by atoms with van der Waals surface area (Å²) in [5.41, 5.74) is 1.75. The van der Waals surface area contributed by atoms with E-state index in [0.29, 0.717) is 23.0 Å². The summed E-state index contributed by atoms with van der Waals surface area (Å²) in [6, 6.07) is 2.23. The fraction of sp³-hybridized carbons (Fsp3) is 0.571. The number of nitriles is 1. The Morgan fingerprint density at radius 3 is 3.10 bits per heavy atom. The highest BCUT2D eigenvalue weighted by Crippen LogP contribution is 2.39. The van der Waals surface area contributed by atoms with Crippen LogP contribution in [0.25, 0.3) is 0 Å². The molecule has 1 atom stereocenters. The van der Waals surface area contributed by atoms with Crippen LogP contribution in [0, 0.1) is 17.2 Å². The molecule has 1 heterocycles. The Balaban J connectivity index is 2.09. The number of thiophene rings is 1. The van der Waals surface area contributed by atoms with Crippen LogP contribution in [0.2, 0.25) is 0 Å². The third-order valence-corrected chi connectivity index (χ3v) is 4.62. The van der Waals surface area contributed by atoms with Gasteiger partial charge in [0.1, 0.15) is 11.1 Å². The third-order valence-electron chi connectivity index (χ3n) is 3.45. The molecule has 0 bridgehead atoms. The van der Waals surface area contributed by atoms with Crippen molar-refractivity contribution in [3.63, 3.8) is 0 Å². The zero-order valence-electron chi connectivity index (χ0n) is 11.5. The zero-order valence-corrected chi connectivity index (χ0v) is 12.3. The van der Waals surface area contributed by atoms with Gasteiger partial charge in [0.05, 0.1) is 18.7 Å². The van der Waals surface area contributed by atoms with Gasteiger partial charge < -0.3 is 15.7 Å². The summed E-state index contributed by atoms with van der Waals surface area (Å²) in [5, 5.41) is 24.3. The van der Waals surface area contributed by atoms with Crippen molar-refractivity contribution in [2.75, 3.05) is 25.0 Å². The average Bonchev–Trinajstić information content (AvgIpc) is 2.75. The van der Waals surface area contributed by atoms with Gasteiger partial charge in [0.2, 0.25) is 5.91 Å². The fourth-order valence-corrected chi connectivity index (χ4v) is 3.79. The van der Waals surface area contributed by atoms with Gasteiger partial charge in [-0.25, -0.2) is 0 Å². The normalized spacial score (nSPS) is 17.4. The Kier molecular flexibility index (Phi) is 5.12. The van der Waals surface area contributed by atoms with Crippen molar-refractivity contribution in [2.45, 2.75) is 26.2 Å². The number of carbonyl (C=O) groups is 1. The molecule has 2 rings (SSSR count). The van der Waals surface area contributed by atoms with Gasteiger partial charge in [0.15, 0.2) is 0 Å². The number of nitrogens with one attached hydrogen (secondary N) is 2. The van der Waals surface area contributed by atoms with Gasteiger partial charge in [-0.2, -0.15) is 5.26 Å². The van der Waals surface area contributed by atoms with Crippen molar-refractivity contribution >= 4 is 22.2 Å². The van der Waals surface area contributed by atoms with Crippen LogP contribution >= 0.6 is 11.3 Å². The number of carbonyl (C=O) groups excluding carboxylic acids is 1. The molecule has 0 aliphatic heterocycles. The number of amides is 1. The van der Waals surface area contributed by atoms with Gasteiger partial charge in [-0.3, -0.25) is 4.79 Å². The lowest BCUT2D eigenvalue weighted by Crippen LogP contribution is -2.29.